The number of hydrogen-bond donors (Lipinski definition) is 0. The van der Waals surface area contributed by atoms with E-state index in [1.54, 1.807) is 17.5 Å². The summed E-state index contributed by atoms with van der Waals surface area (Å²) in [6.45, 7) is -0.473. The van der Waals surface area contributed by atoms with Crippen molar-refractivity contribution in [3.05, 3.63) is 61.3 Å². The molecule has 0 amide bonds. The van der Waals surface area contributed by atoms with Crippen LogP contribution in [0.4, 0.5) is 5.69 Å². The molecule has 21 heavy (non-hydrogen) atoms. The summed E-state index contributed by atoms with van der Waals surface area (Å²) in [4.78, 5) is 34.1. The minimum atomic E-state index is -0.941. The quantitative estimate of drug-likeness (QED) is 0.364. The van der Waals surface area contributed by atoms with Gasteiger partial charge in [0.05, 0.1) is 9.80 Å². The number of nitrogens with zero attached hydrogens (tertiary/aromatic N) is 1. The summed E-state index contributed by atoms with van der Waals surface area (Å²) in [5.41, 5.74) is -0.709. The van der Waals surface area contributed by atoms with Crippen molar-refractivity contribution in [1.29, 1.82) is 0 Å². The Morgan fingerprint density at radius 2 is 2.10 bits per heavy atom. The zero-order chi connectivity index (χ0) is 15.4. The van der Waals surface area contributed by atoms with Crippen LogP contribution in [0.25, 0.3) is 0 Å². The number of ether oxygens (including phenoxy) is 1. The number of carbonyl (C=O) groups is 2. The molecule has 0 aliphatic carbocycles. The summed E-state index contributed by atoms with van der Waals surface area (Å²) in [6, 6.07) is 6.89. The molecule has 0 saturated carbocycles. The van der Waals surface area contributed by atoms with Crippen LogP contribution in [0.2, 0.25) is 5.02 Å². The lowest BCUT2D eigenvalue weighted by Gasteiger charge is -2.04. The normalized spacial score (nSPS) is 10.1. The van der Waals surface area contributed by atoms with Gasteiger partial charge in [-0.25, -0.2) is 4.79 Å². The van der Waals surface area contributed by atoms with E-state index >= 15 is 0 Å². The highest BCUT2D eigenvalue weighted by Gasteiger charge is 2.22. The molecule has 0 fully saturated rings. The molecule has 6 nitrogen and oxygen atoms in total. The third-order valence-corrected chi connectivity index (χ3v) is 3.65. The largest absolute Gasteiger partial charge is 0.453 e. The molecule has 0 bridgehead atoms. The Labute approximate surface area is 128 Å². The Bertz CT molecular complexity index is 699. The molecule has 8 heteroatoms. The third-order valence-electron chi connectivity index (χ3n) is 2.51. The number of thiophene rings is 1. The van der Waals surface area contributed by atoms with Gasteiger partial charge in [-0.15, -0.1) is 11.3 Å². The van der Waals surface area contributed by atoms with Gasteiger partial charge in [-0.3, -0.25) is 14.9 Å². The van der Waals surface area contributed by atoms with Crippen molar-refractivity contribution in [3.63, 3.8) is 0 Å². The number of benzene rings is 1. The van der Waals surface area contributed by atoms with E-state index in [1.165, 1.54) is 23.5 Å². The SMILES string of the molecule is O=C(COC(=O)c1ccc(Cl)cc1[N+](=O)[O-])c1cccs1. The molecule has 0 atom stereocenters. The molecule has 0 aliphatic heterocycles. The molecule has 108 valence electrons. The molecule has 0 unspecified atom stereocenters. The third kappa shape index (κ3) is 3.65. The van der Waals surface area contributed by atoms with Gasteiger partial charge in [-0.2, -0.15) is 0 Å². The van der Waals surface area contributed by atoms with E-state index in [2.05, 4.69) is 0 Å². The van der Waals surface area contributed by atoms with Crippen molar-refractivity contribution in [2.24, 2.45) is 0 Å². The van der Waals surface area contributed by atoms with Crippen LogP contribution in [0.5, 0.6) is 0 Å². The second kappa shape index (κ2) is 6.47. The van der Waals surface area contributed by atoms with Gasteiger partial charge in [0.15, 0.2) is 6.61 Å². The Morgan fingerprint density at radius 1 is 1.33 bits per heavy atom. The van der Waals surface area contributed by atoms with Gasteiger partial charge < -0.3 is 4.74 Å². The fourth-order valence-electron chi connectivity index (χ4n) is 1.55. The zero-order valence-corrected chi connectivity index (χ0v) is 12.0. The van der Waals surface area contributed by atoms with Crippen LogP contribution in [0, 0.1) is 10.1 Å². The van der Waals surface area contributed by atoms with E-state index in [-0.39, 0.29) is 16.4 Å². The lowest BCUT2D eigenvalue weighted by molar-refractivity contribution is -0.385. The molecule has 1 aromatic carbocycles. The second-order valence-electron chi connectivity index (χ2n) is 3.90. The van der Waals surface area contributed by atoms with E-state index in [4.69, 9.17) is 16.3 Å². The van der Waals surface area contributed by atoms with Crippen LogP contribution in [0.1, 0.15) is 20.0 Å². The number of nitro groups is 1. The van der Waals surface area contributed by atoms with Crippen LogP contribution in [0.3, 0.4) is 0 Å². The van der Waals surface area contributed by atoms with Gasteiger partial charge in [0.25, 0.3) is 5.69 Å². The molecule has 0 N–H and O–H groups in total. The molecule has 0 aliphatic rings. The van der Waals surface area contributed by atoms with Crippen LogP contribution in [-0.4, -0.2) is 23.3 Å². The number of rotatable bonds is 5. The standard InChI is InChI=1S/C13H8ClNO5S/c14-8-3-4-9(10(6-8)15(18)19)13(17)20-7-11(16)12-2-1-5-21-12/h1-6H,7H2. The number of ketones is 1. The summed E-state index contributed by atoms with van der Waals surface area (Å²) in [6.07, 6.45) is 0. The van der Waals surface area contributed by atoms with Crippen molar-refractivity contribution < 1.29 is 19.2 Å². The fourth-order valence-corrected chi connectivity index (χ4v) is 2.36. The fraction of sp³-hybridized carbons (Fsp3) is 0.0769. The van der Waals surface area contributed by atoms with Crippen molar-refractivity contribution in [2.75, 3.05) is 6.61 Å². The summed E-state index contributed by atoms with van der Waals surface area (Å²) < 4.78 is 4.82. The maximum Gasteiger partial charge on any atom is 0.345 e. The summed E-state index contributed by atoms with van der Waals surface area (Å²) in [7, 11) is 0. The number of carbonyl (C=O) groups excluding carboxylic acids is 2. The summed E-state index contributed by atoms with van der Waals surface area (Å²) in [5.74, 6) is -1.31. The van der Waals surface area contributed by atoms with Gasteiger partial charge in [0.1, 0.15) is 5.56 Å². The van der Waals surface area contributed by atoms with Crippen molar-refractivity contribution in [1.82, 2.24) is 0 Å². The van der Waals surface area contributed by atoms with E-state index in [0.717, 1.165) is 6.07 Å². The highest BCUT2D eigenvalue weighted by atomic mass is 35.5. The Hall–Kier alpha value is -2.25. The number of nitro benzene ring substituents is 1. The van der Waals surface area contributed by atoms with Crippen LogP contribution in [-0.2, 0) is 4.74 Å². The summed E-state index contributed by atoms with van der Waals surface area (Å²) in [5, 5.41) is 12.7. The number of esters is 1. The first-order valence-corrected chi connectivity index (χ1v) is 6.92. The van der Waals surface area contributed by atoms with Gasteiger partial charge in [-0.1, -0.05) is 17.7 Å². The minimum absolute atomic E-state index is 0.132. The molecular weight excluding hydrogens is 318 g/mol. The summed E-state index contributed by atoms with van der Waals surface area (Å²) >= 11 is 6.87. The highest BCUT2D eigenvalue weighted by molar-refractivity contribution is 7.12. The van der Waals surface area contributed by atoms with Crippen LogP contribution in [0.15, 0.2) is 35.7 Å². The lowest BCUT2D eigenvalue weighted by atomic mass is 10.2. The zero-order valence-electron chi connectivity index (χ0n) is 10.4. The molecular formula is C13H8ClNO5S. The van der Waals surface area contributed by atoms with E-state index in [9.17, 15) is 19.7 Å². The van der Waals surface area contributed by atoms with E-state index < -0.39 is 23.2 Å². The molecule has 0 radical (unpaired) electrons. The predicted octanol–water partition coefficient (Wildman–Crippen LogP) is 3.35. The molecule has 0 saturated heterocycles. The van der Waals surface area contributed by atoms with Crippen LogP contribution >= 0.6 is 22.9 Å². The molecule has 1 aromatic heterocycles. The van der Waals surface area contributed by atoms with Crippen LogP contribution < -0.4 is 0 Å². The first-order valence-electron chi connectivity index (χ1n) is 5.67. The monoisotopic (exact) mass is 325 g/mol. The smallest absolute Gasteiger partial charge is 0.345 e. The van der Waals surface area contributed by atoms with E-state index in [1.807, 2.05) is 0 Å². The van der Waals surface area contributed by atoms with Crippen molar-refractivity contribution in [3.8, 4) is 0 Å². The van der Waals surface area contributed by atoms with E-state index in [0.29, 0.717) is 4.88 Å². The van der Waals surface area contributed by atoms with Gasteiger partial charge in [0.2, 0.25) is 5.78 Å². The molecule has 0 spiro atoms. The maximum atomic E-state index is 11.8. The van der Waals surface area contributed by atoms with Gasteiger partial charge in [-0.05, 0) is 23.6 Å². The number of hydrogen-bond acceptors (Lipinski definition) is 6. The average molecular weight is 326 g/mol. The Morgan fingerprint density at radius 3 is 2.71 bits per heavy atom. The van der Waals surface area contributed by atoms with Crippen molar-refractivity contribution >= 4 is 40.4 Å². The average Bonchev–Trinajstić information content (AvgIpc) is 2.98. The maximum absolute atomic E-state index is 11.8. The van der Waals surface area contributed by atoms with Gasteiger partial charge in [0, 0.05) is 11.1 Å². The topological polar surface area (TPSA) is 86.5 Å². The minimum Gasteiger partial charge on any atom is -0.453 e. The molecule has 2 rings (SSSR count). The molecule has 1 heterocycles. The first-order chi connectivity index (χ1) is 9.99. The Kier molecular flexibility index (Phi) is 4.66. The molecule has 2 aromatic rings. The highest BCUT2D eigenvalue weighted by Crippen LogP contribution is 2.24. The van der Waals surface area contributed by atoms with Gasteiger partial charge >= 0.3 is 5.97 Å². The lowest BCUT2D eigenvalue weighted by Crippen LogP contribution is -2.14. The number of Topliss-reactive ketones (excluding diaryl/α,β-unsaturated/α-hetero) is 1. The predicted molar refractivity (Wildman–Crippen MR) is 77.0 cm³/mol. The second-order valence-corrected chi connectivity index (χ2v) is 5.28. The number of halogens is 1. The Balaban J connectivity index is 2.10. The first kappa shape index (κ1) is 15.1. The van der Waals surface area contributed by atoms with Crippen molar-refractivity contribution in [2.45, 2.75) is 0 Å².